The van der Waals surface area contributed by atoms with Crippen LogP contribution >= 0.6 is 21.6 Å². The molecule has 12 heteroatoms. The van der Waals surface area contributed by atoms with Crippen molar-refractivity contribution in [1.82, 2.24) is 19.6 Å². The first-order valence-corrected chi connectivity index (χ1v) is 18.1. The van der Waals surface area contributed by atoms with Crippen LogP contribution in [-0.2, 0) is 18.3 Å². The minimum Gasteiger partial charge on any atom is -0.422 e. The van der Waals surface area contributed by atoms with E-state index in [2.05, 4.69) is 76.0 Å². The zero-order valence-corrected chi connectivity index (χ0v) is 27.8. The van der Waals surface area contributed by atoms with E-state index in [1.807, 2.05) is 21.6 Å². The fourth-order valence-corrected chi connectivity index (χ4v) is 7.87. The van der Waals surface area contributed by atoms with Gasteiger partial charge in [-0.2, -0.15) is 0 Å². The van der Waals surface area contributed by atoms with Gasteiger partial charge >= 0.3 is 0 Å². The molecular formula is C22H54N4O4S2Si2. The molecule has 0 radical (unpaired) electrons. The summed E-state index contributed by atoms with van der Waals surface area (Å²) in [5.41, 5.74) is 0. The molecule has 0 aromatic heterocycles. The van der Waals surface area contributed by atoms with E-state index >= 15 is 0 Å². The Bertz CT molecular complexity index is 408. The third-order valence-corrected chi connectivity index (χ3v) is 10.2. The highest BCUT2D eigenvalue weighted by atomic mass is 33.1. The number of hydrogen-bond acceptors (Lipinski definition) is 10. The monoisotopic (exact) mass is 558 g/mol. The van der Waals surface area contributed by atoms with Crippen LogP contribution in [0.4, 0.5) is 0 Å². The van der Waals surface area contributed by atoms with Crippen LogP contribution in [0, 0.1) is 0 Å². The standard InChI is InChI=1S/C22H54N4O4S2Si2/c1-23(2)19-21(25(5)6)27-11-13-29-33-17-9-15-31-32-16-10-18-34-30-14-12-28-22(26(7)8)20-24(3)4/h21-22H,9-20,33-34H2,1-8H3. The molecule has 0 aromatic rings. The van der Waals surface area contributed by atoms with Gasteiger partial charge in [0.2, 0.25) is 0 Å². The topological polar surface area (TPSA) is 49.9 Å². The lowest BCUT2D eigenvalue weighted by molar-refractivity contribution is -0.0564. The van der Waals surface area contributed by atoms with Crippen LogP contribution < -0.4 is 0 Å². The number of rotatable bonds is 25. The summed E-state index contributed by atoms with van der Waals surface area (Å²) in [6, 6.07) is 2.52. The molecule has 206 valence electrons. The fourth-order valence-electron chi connectivity index (χ4n) is 2.89. The predicted molar refractivity (Wildman–Crippen MR) is 157 cm³/mol. The average Bonchev–Trinajstić information content (AvgIpc) is 2.75. The second-order valence-corrected chi connectivity index (χ2v) is 15.1. The molecule has 0 aromatic carbocycles. The van der Waals surface area contributed by atoms with Crippen molar-refractivity contribution in [2.24, 2.45) is 0 Å². The van der Waals surface area contributed by atoms with Crippen LogP contribution in [0.15, 0.2) is 0 Å². The SMILES string of the molecule is CN(C)CC(OCCO[SiH2]CCCSSCCC[SiH2]OCCOC(CN(C)C)N(C)C)N(C)C. The van der Waals surface area contributed by atoms with Gasteiger partial charge in [-0.3, -0.25) is 9.80 Å². The molecule has 0 saturated carbocycles. The molecular weight excluding hydrogens is 505 g/mol. The van der Waals surface area contributed by atoms with Crippen LogP contribution in [0.3, 0.4) is 0 Å². The van der Waals surface area contributed by atoms with Crippen LogP contribution in [0.25, 0.3) is 0 Å². The lowest BCUT2D eigenvalue weighted by atomic mass is 10.5. The van der Waals surface area contributed by atoms with E-state index < -0.39 is 19.5 Å². The summed E-state index contributed by atoms with van der Waals surface area (Å²) in [4.78, 5) is 8.53. The van der Waals surface area contributed by atoms with Crippen molar-refractivity contribution >= 4 is 41.1 Å². The molecule has 2 unspecified atom stereocenters. The Morgan fingerprint density at radius 1 is 0.588 bits per heavy atom. The van der Waals surface area contributed by atoms with Gasteiger partial charge in [0.25, 0.3) is 0 Å². The van der Waals surface area contributed by atoms with Crippen molar-refractivity contribution in [3.63, 3.8) is 0 Å². The second-order valence-electron chi connectivity index (χ2n) is 9.39. The molecule has 34 heavy (non-hydrogen) atoms. The van der Waals surface area contributed by atoms with Crippen LogP contribution in [0.1, 0.15) is 12.8 Å². The summed E-state index contributed by atoms with van der Waals surface area (Å²) in [6.45, 7) is 4.63. The van der Waals surface area contributed by atoms with Crippen molar-refractivity contribution in [2.45, 2.75) is 37.4 Å². The maximum atomic E-state index is 5.92. The molecule has 0 aliphatic carbocycles. The quantitative estimate of drug-likeness (QED) is 0.0705. The van der Waals surface area contributed by atoms with E-state index in [0.29, 0.717) is 13.2 Å². The van der Waals surface area contributed by atoms with Gasteiger partial charge in [-0.15, -0.1) is 0 Å². The van der Waals surface area contributed by atoms with E-state index in [1.165, 1.54) is 36.4 Å². The van der Waals surface area contributed by atoms with Gasteiger partial charge < -0.3 is 28.1 Å². The Morgan fingerprint density at radius 3 is 1.29 bits per heavy atom. The van der Waals surface area contributed by atoms with Crippen LogP contribution in [0.2, 0.25) is 12.1 Å². The van der Waals surface area contributed by atoms with Crippen LogP contribution in [0.5, 0.6) is 0 Å². The molecule has 0 aliphatic rings. The van der Waals surface area contributed by atoms with Crippen molar-refractivity contribution in [3.8, 4) is 0 Å². The minimum absolute atomic E-state index is 0.130. The third kappa shape index (κ3) is 23.2. The lowest BCUT2D eigenvalue weighted by Gasteiger charge is -2.27. The molecule has 0 N–H and O–H groups in total. The lowest BCUT2D eigenvalue weighted by Crippen LogP contribution is -2.40. The van der Waals surface area contributed by atoms with Crippen molar-refractivity contribution in [2.75, 3.05) is 107 Å². The van der Waals surface area contributed by atoms with Crippen molar-refractivity contribution in [1.29, 1.82) is 0 Å². The maximum Gasteiger partial charge on any atom is 0.161 e. The molecule has 0 amide bonds. The average molecular weight is 559 g/mol. The first-order chi connectivity index (χ1) is 16.2. The summed E-state index contributed by atoms with van der Waals surface area (Å²) in [5.74, 6) is 2.46. The van der Waals surface area contributed by atoms with Crippen molar-refractivity contribution < 1.29 is 18.3 Å². The normalized spacial score (nSPS) is 14.8. The van der Waals surface area contributed by atoms with E-state index in [9.17, 15) is 0 Å². The van der Waals surface area contributed by atoms with Gasteiger partial charge in [0.1, 0.15) is 12.5 Å². The summed E-state index contributed by atoms with van der Waals surface area (Å²) in [6.07, 6.45) is 2.80. The van der Waals surface area contributed by atoms with Gasteiger partial charge in [0.15, 0.2) is 19.5 Å². The molecule has 8 nitrogen and oxygen atoms in total. The molecule has 0 spiro atoms. The molecule has 2 atom stereocenters. The smallest absolute Gasteiger partial charge is 0.161 e. The molecule has 0 rings (SSSR count). The summed E-state index contributed by atoms with van der Waals surface area (Å²) < 4.78 is 23.6. The summed E-state index contributed by atoms with van der Waals surface area (Å²) in [5, 5.41) is 0. The largest absolute Gasteiger partial charge is 0.422 e. The molecule has 0 saturated heterocycles. The Morgan fingerprint density at radius 2 is 0.971 bits per heavy atom. The maximum absolute atomic E-state index is 5.92. The van der Waals surface area contributed by atoms with Gasteiger partial charge in [0, 0.05) is 24.6 Å². The molecule has 0 aliphatic heterocycles. The fraction of sp³-hybridized carbons (Fsp3) is 1.00. The molecule has 0 bridgehead atoms. The Labute approximate surface area is 223 Å². The van der Waals surface area contributed by atoms with Crippen LogP contribution in [-0.4, -0.2) is 159 Å². The molecule has 0 fully saturated rings. The van der Waals surface area contributed by atoms with E-state index in [0.717, 1.165) is 26.3 Å². The van der Waals surface area contributed by atoms with Crippen molar-refractivity contribution in [3.05, 3.63) is 0 Å². The Hall–Kier alpha value is 0.814. The van der Waals surface area contributed by atoms with E-state index in [-0.39, 0.29) is 12.5 Å². The van der Waals surface area contributed by atoms with Gasteiger partial charge in [-0.1, -0.05) is 21.6 Å². The summed E-state index contributed by atoms with van der Waals surface area (Å²) in [7, 11) is 19.7. The second kappa shape index (κ2) is 24.2. The predicted octanol–water partition coefficient (Wildman–Crippen LogP) is 1.12. The Balaban J connectivity index is 3.35. The summed E-state index contributed by atoms with van der Waals surface area (Å²) >= 11 is 0. The van der Waals surface area contributed by atoms with Gasteiger partial charge in [0.05, 0.1) is 26.4 Å². The number of hydrogen-bond donors (Lipinski definition) is 0. The van der Waals surface area contributed by atoms with E-state index in [1.54, 1.807) is 0 Å². The van der Waals surface area contributed by atoms with E-state index in [4.69, 9.17) is 18.3 Å². The third-order valence-electron chi connectivity index (χ3n) is 4.89. The highest BCUT2D eigenvalue weighted by molar-refractivity contribution is 8.76. The first kappa shape index (κ1) is 34.8. The van der Waals surface area contributed by atoms with Gasteiger partial charge in [-0.25, -0.2) is 0 Å². The zero-order chi connectivity index (χ0) is 25.6. The first-order valence-electron chi connectivity index (χ1n) is 12.5. The Kier molecular flexibility index (Phi) is 24.7. The number of likely N-dealkylation sites (N-methyl/N-ethyl adjacent to an activating group) is 4. The number of nitrogens with zero attached hydrogens (tertiary/aromatic N) is 4. The highest BCUT2D eigenvalue weighted by Gasteiger charge is 2.13. The van der Waals surface area contributed by atoms with Gasteiger partial charge in [-0.05, 0) is 81.3 Å². The minimum atomic E-state index is -0.402. The zero-order valence-electron chi connectivity index (χ0n) is 23.3. The number of ether oxygens (including phenoxy) is 2. The highest BCUT2D eigenvalue weighted by Crippen LogP contribution is 2.23. The molecule has 0 heterocycles.